The molecule has 0 aliphatic carbocycles. The van der Waals surface area contributed by atoms with Gasteiger partial charge in [-0.3, -0.25) is 0 Å². The molecule has 0 fully saturated rings. The predicted molar refractivity (Wildman–Crippen MR) is 133 cm³/mol. The molecule has 0 aromatic heterocycles. The van der Waals surface area contributed by atoms with E-state index in [1.54, 1.807) is 14.2 Å². The Morgan fingerprint density at radius 1 is 0.724 bits per heavy atom. The monoisotopic (exact) mass is 468 g/mol. The Hall–Kier alpha value is -2.31. The van der Waals surface area contributed by atoms with Gasteiger partial charge in [-0.05, 0) is 29.0 Å². The zero-order valence-corrected chi connectivity index (χ0v) is 18.2. The molecule has 1 radical (unpaired) electrons. The standard InChI is InChI=1S/C11H9BrO.C11H10O.CH4.BHNS/c1-13-11-7-6-10(12)8-4-2-3-5-9(8)11;1-12-11-8-4-6-9-5-2-3-7-10(9)11;;1-2-3/h2-7H,1H3;2-8H,1H3;1H4;3H. The summed E-state index contributed by atoms with van der Waals surface area (Å²) in [6.45, 7) is 0. The molecule has 0 spiro atoms. The van der Waals surface area contributed by atoms with Crippen LogP contribution in [0.15, 0.2) is 87.6 Å². The van der Waals surface area contributed by atoms with Crippen LogP contribution in [0.2, 0.25) is 0 Å². The molecule has 0 aliphatic rings. The van der Waals surface area contributed by atoms with Gasteiger partial charge < -0.3 is 9.47 Å². The molecule has 3 nitrogen and oxygen atoms in total. The van der Waals surface area contributed by atoms with Crippen molar-refractivity contribution in [3.8, 4) is 11.5 Å². The summed E-state index contributed by atoms with van der Waals surface area (Å²) in [5.74, 6) is 1.85. The van der Waals surface area contributed by atoms with Crippen LogP contribution in [-0.2, 0) is 0 Å². The van der Waals surface area contributed by atoms with E-state index >= 15 is 0 Å². The molecule has 6 heteroatoms. The van der Waals surface area contributed by atoms with Gasteiger partial charge in [-0.2, -0.15) is 0 Å². The first-order chi connectivity index (χ1) is 13.7. The normalized spacial score (nSPS) is 9.21. The molecule has 149 valence electrons. The molecular weight excluding hydrogens is 445 g/mol. The van der Waals surface area contributed by atoms with Gasteiger partial charge in [0.25, 0.3) is 0 Å². The SMILES string of the molecule is C.COc1ccc(Br)c2ccccc12.COc1cccc2ccccc12.[B]=NS. The summed E-state index contributed by atoms with van der Waals surface area (Å²) in [6.07, 6.45) is 0. The van der Waals surface area contributed by atoms with Gasteiger partial charge in [-0.15, -0.1) is 0 Å². The zero-order valence-electron chi connectivity index (χ0n) is 15.7. The van der Waals surface area contributed by atoms with E-state index in [4.69, 9.17) is 9.47 Å². The number of benzene rings is 4. The van der Waals surface area contributed by atoms with E-state index in [1.807, 2.05) is 48.5 Å². The summed E-state index contributed by atoms with van der Waals surface area (Å²) in [7, 11) is 7.72. The van der Waals surface area contributed by atoms with E-state index in [0.717, 1.165) is 21.4 Å². The van der Waals surface area contributed by atoms with Crippen molar-refractivity contribution in [2.45, 2.75) is 7.43 Å². The molecule has 0 atom stereocenters. The van der Waals surface area contributed by atoms with Crippen molar-refractivity contribution in [1.82, 2.24) is 0 Å². The Kier molecular flexibility index (Phi) is 11.1. The molecule has 29 heavy (non-hydrogen) atoms. The fourth-order valence-electron chi connectivity index (χ4n) is 2.79. The molecule has 4 rings (SSSR count). The maximum absolute atomic E-state index is 5.26. The molecule has 0 amide bonds. The summed E-state index contributed by atoms with van der Waals surface area (Å²) in [5, 5.41) is 4.71. The quantitative estimate of drug-likeness (QED) is 0.247. The fraction of sp³-hybridized carbons (Fsp3) is 0.130. The Morgan fingerprint density at radius 3 is 1.83 bits per heavy atom. The summed E-state index contributed by atoms with van der Waals surface area (Å²) in [5.41, 5.74) is 0. The number of hydrogen-bond donors (Lipinski definition) is 1. The topological polar surface area (TPSA) is 30.8 Å². The van der Waals surface area contributed by atoms with Gasteiger partial charge in [0.05, 0.1) is 14.2 Å². The van der Waals surface area contributed by atoms with Crippen molar-refractivity contribution in [2.24, 2.45) is 4.30 Å². The second-order valence-corrected chi connectivity index (χ2v) is 6.68. The Balaban J connectivity index is 0.000000249. The third-order valence-corrected chi connectivity index (χ3v) is 4.71. The summed E-state index contributed by atoms with van der Waals surface area (Å²) < 4.78 is 14.3. The van der Waals surface area contributed by atoms with E-state index in [1.165, 1.54) is 16.2 Å². The van der Waals surface area contributed by atoms with Gasteiger partial charge in [-0.25, -0.2) is 0 Å². The Bertz CT molecular complexity index is 1050. The van der Waals surface area contributed by atoms with Crippen LogP contribution in [0.1, 0.15) is 7.43 Å². The van der Waals surface area contributed by atoms with E-state index in [2.05, 4.69) is 71.0 Å². The zero-order chi connectivity index (χ0) is 20.4. The number of rotatable bonds is 2. The predicted octanol–water partition coefficient (Wildman–Crippen LogP) is 7.28. The summed E-state index contributed by atoms with van der Waals surface area (Å²) in [4.78, 5) is 0. The molecule has 0 bridgehead atoms. The van der Waals surface area contributed by atoms with Crippen LogP contribution in [0, 0.1) is 0 Å². The van der Waals surface area contributed by atoms with Crippen molar-refractivity contribution in [1.29, 1.82) is 0 Å². The third-order valence-electron chi connectivity index (χ3n) is 4.02. The molecule has 0 unspecified atom stereocenters. The average molecular weight is 469 g/mol. The van der Waals surface area contributed by atoms with Crippen LogP contribution in [-0.4, -0.2) is 21.9 Å². The van der Waals surface area contributed by atoms with E-state index in [0.29, 0.717) is 0 Å². The van der Waals surface area contributed by atoms with E-state index in [-0.39, 0.29) is 7.43 Å². The number of thiol groups is 1. The van der Waals surface area contributed by atoms with Gasteiger partial charge in [0.15, 0.2) is 0 Å². The number of halogens is 1. The van der Waals surface area contributed by atoms with Crippen LogP contribution < -0.4 is 9.47 Å². The molecule has 0 heterocycles. The van der Waals surface area contributed by atoms with Crippen molar-refractivity contribution in [3.05, 3.63) is 83.3 Å². The Morgan fingerprint density at radius 2 is 1.21 bits per heavy atom. The van der Waals surface area contributed by atoms with Gasteiger partial charge in [0.1, 0.15) is 11.5 Å². The number of hydrogen-bond acceptors (Lipinski definition) is 4. The van der Waals surface area contributed by atoms with Crippen LogP contribution in [0.4, 0.5) is 0 Å². The first-order valence-corrected chi connectivity index (χ1v) is 9.62. The van der Waals surface area contributed by atoms with Crippen molar-refractivity contribution >= 4 is 57.9 Å². The molecule has 4 aromatic rings. The summed E-state index contributed by atoms with van der Waals surface area (Å²) >= 11 is 6.70. The molecule has 0 saturated carbocycles. The second-order valence-electron chi connectivity index (χ2n) is 5.59. The number of fused-ring (bicyclic) bond motifs is 2. The molecular formula is C23H24BBrNO2S. The van der Waals surface area contributed by atoms with Crippen molar-refractivity contribution in [3.63, 3.8) is 0 Å². The fourth-order valence-corrected chi connectivity index (χ4v) is 3.26. The van der Waals surface area contributed by atoms with Gasteiger partial charge in [0, 0.05) is 15.2 Å². The Labute approximate surface area is 187 Å². The second kappa shape index (κ2) is 13.0. The maximum atomic E-state index is 5.26. The van der Waals surface area contributed by atoms with Gasteiger partial charge >= 0.3 is 24.8 Å². The minimum absolute atomic E-state index is 0. The molecule has 4 aromatic carbocycles. The van der Waals surface area contributed by atoms with Gasteiger partial charge in [0.2, 0.25) is 0 Å². The van der Waals surface area contributed by atoms with Crippen LogP contribution in [0.5, 0.6) is 11.5 Å². The van der Waals surface area contributed by atoms with Crippen LogP contribution in [0.25, 0.3) is 21.5 Å². The van der Waals surface area contributed by atoms with Crippen molar-refractivity contribution in [2.75, 3.05) is 14.2 Å². The molecule has 0 saturated heterocycles. The van der Waals surface area contributed by atoms with Gasteiger partial charge in [-0.1, -0.05) is 84.0 Å². The first-order valence-electron chi connectivity index (χ1n) is 8.43. The number of nitrogens with zero attached hydrogens (tertiary/aromatic N) is 1. The third kappa shape index (κ3) is 6.62. The summed E-state index contributed by atoms with van der Waals surface area (Å²) in [6, 6.07) is 26.4. The number of methoxy groups -OCH3 is 2. The average Bonchev–Trinajstić information content (AvgIpc) is 2.75. The van der Waals surface area contributed by atoms with E-state index in [9.17, 15) is 0 Å². The first kappa shape index (κ1) is 24.7. The van der Waals surface area contributed by atoms with Crippen LogP contribution in [0.3, 0.4) is 0 Å². The molecule has 0 aliphatic heterocycles. The number of ether oxygens (including phenoxy) is 2. The van der Waals surface area contributed by atoms with E-state index < -0.39 is 0 Å². The minimum atomic E-state index is 0. The van der Waals surface area contributed by atoms with Crippen molar-refractivity contribution < 1.29 is 9.47 Å². The molecule has 0 N–H and O–H groups in total. The van der Waals surface area contributed by atoms with Crippen LogP contribution >= 0.6 is 28.7 Å².